The maximum Gasteiger partial charge on any atom is 0.337 e. The molecule has 4 heterocycles. The molecule has 0 saturated carbocycles. The van der Waals surface area contributed by atoms with Gasteiger partial charge in [0.2, 0.25) is 0 Å². The highest BCUT2D eigenvalue weighted by Gasteiger charge is 2.26. The molecule has 0 aliphatic carbocycles. The van der Waals surface area contributed by atoms with Crippen LogP contribution in [0.1, 0.15) is 84.4 Å². The Balaban J connectivity index is 0.746. The van der Waals surface area contributed by atoms with Gasteiger partial charge in [0.05, 0.1) is 59.7 Å². The van der Waals surface area contributed by atoms with Crippen LogP contribution in [0.15, 0.2) is 134 Å². The van der Waals surface area contributed by atoms with Crippen LogP contribution in [-0.4, -0.2) is 94.0 Å². The van der Waals surface area contributed by atoms with E-state index in [1.165, 1.54) is 36.4 Å². The van der Waals surface area contributed by atoms with E-state index in [1.807, 2.05) is 0 Å². The van der Waals surface area contributed by atoms with Crippen molar-refractivity contribution in [2.24, 2.45) is 0 Å². The first-order valence-electron chi connectivity index (χ1n) is 22.5. The molecule has 0 fully saturated rings. The number of carboxylic acid groups (broad SMARTS) is 2. The number of nitrogens with two attached hydrogens (primary N) is 2. The Morgan fingerprint density at radius 1 is 0.486 bits per heavy atom. The molecular formula is C54H48N6O12. The van der Waals surface area contributed by atoms with Gasteiger partial charge in [-0.05, 0) is 123 Å². The van der Waals surface area contributed by atoms with Gasteiger partial charge in [0.15, 0.2) is 11.6 Å². The number of fused-ring (bicyclic) bond motifs is 2. The molecule has 0 saturated heterocycles. The van der Waals surface area contributed by atoms with Gasteiger partial charge in [0.25, 0.3) is 11.8 Å². The Morgan fingerprint density at radius 3 is 1.22 bits per heavy atom. The number of nitrogen functional groups attached to an aromatic ring is 2. The minimum Gasteiger partial charge on any atom is -0.491 e. The number of benzene rings is 4. The quantitative estimate of drug-likeness (QED) is 0.0228. The first-order chi connectivity index (χ1) is 34.7. The van der Waals surface area contributed by atoms with Crippen LogP contribution in [0, 0.1) is 13.8 Å². The van der Waals surface area contributed by atoms with Crippen molar-refractivity contribution in [2.45, 2.75) is 13.8 Å². The molecule has 0 radical (unpaired) electrons. The van der Waals surface area contributed by atoms with E-state index in [9.17, 15) is 39.0 Å². The van der Waals surface area contributed by atoms with Gasteiger partial charge in [-0.3, -0.25) is 19.2 Å². The number of rotatable bonds is 21. The van der Waals surface area contributed by atoms with Crippen molar-refractivity contribution in [1.29, 1.82) is 0 Å². The number of nitrogens with zero attached hydrogens (tertiary/aromatic N) is 2. The molecule has 72 heavy (non-hydrogen) atoms. The van der Waals surface area contributed by atoms with Crippen molar-refractivity contribution < 1.29 is 57.9 Å². The first kappa shape index (κ1) is 49.2. The van der Waals surface area contributed by atoms with Crippen molar-refractivity contribution in [2.75, 3.05) is 61.7 Å². The molecule has 8 N–H and O–H groups in total. The second-order valence-corrected chi connectivity index (χ2v) is 16.4. The number of anilines is 4. The number of pyridine rings is 2. The molecule has 0 aliphatic heterocycles. The van der Waals surface area contributed by atoms with E-state index in [4.69, 9.17) is 30.4 Å². The summed E-state index contributed by atoms with van der Waals surface area (Å²) in [5, 5.41) is 24.9. The average Bonchev–Trinajstić information content (AvgIpc) is 3.82. The second kappa shape index (κ2) is 21.6. The van der Waals surface area contributed by atoms with E-state index in [0.717, 1.165) is 0 Å². The minimum absolute atomic E-state index is 0.0416. The van der Waals surface area contributed by atoms with Crippen molar-refractivity contribution >= 4 is 69.4 Å². The number of carbonyl (C=O) groups is 6. The van der Waals surface area contributed by atoms with Crippen LogP contribution in [0.4, 0.5) is 23.0 Å². The molecule has 0 spiro atoms. The summed E-state index contributed by atoms with van der Waals surface area (Å²) in [6.45, 7) is 5.14. The van der Waals surface area contributed by atoms with E-state index in [-0.39, 0.29) is 60.1 Å². The fourth-order valence-corrected chi connectivity index (χ4v) is 8.12. The minimum atomic E-state index is -1.25. The van der Waals surface area contributed by atoms with Crippen LogP contribution in [0.3, 0.4) is 0 Å². The molecule has 4 aromatic heterocycles. The molecule has 18 nitrogen and oxygen atoms in total. The van der Waals surface area contributed by atoms with Crippen LogP contribution >= 0.6 is 0 Å². The van der Waals surface area contributed by atoms with Gasteiger partial charge in [-0.1, -0.05) is 12.1 Å². The zero-order chi connectivity index (χ0) is 51.1. The number of carboxylic acids is 2. The Hall–Kier alpha value is -9.26. The average molecular weight is 973 g/mol. The molecule has 4 aromatic carbocycles. The summed E-state index contributed by atoms with van der Waals surface area (Å²) in [7, 11) is 0. The summed E-state index contributed by atoms with van der Waals surface area (Å²) in [6.07, 6.45) is 3.45. The molecule has 0 atom stereocenters. The van der Waals surface area contributed by atoms with E-state index in [2.05, 4.69) is 10.6 Å². The Bertz CT molecular complexity index is 3170. The highest BCUT2D eigenvalue weighted by atomic mass is 16.6. The number of hydrogen-bond donors (Lipinski definition) is 6. The number of carbonyl (C=O) groups excluding carboxylic acids is 4. The van der Waals surface area contributed by atoms with Crippen LogP contribution in [0.25, 0.3) is 11.0 Å². The lowest BCUT2D eigenvalue weighted by molar-refractivity contribution is 0.0273. The Morgan fingerprint density at radius 2 is 0.847 bits per heavy atom. The lowest BCUT2D eigenvalue weighted by atomic mass is 9.98. The topological polar surface area (TPSA) is 265 Å². The van der Waals surface area contributed by atoms with Gasteiger partial charge in [0.1, 0.15) is 36.3 Å². The van der Waals surface area contributed by atoms with Crippen molar-refractivity contribution in [1.82, 2.24) is 8.80 Å². The van der Waals surface area contributed by atoms with Crippen LogP contribution < -0.4 is 31.6 Å². The fraction of sp³-hybridized carbons (Fsp3) is 0.148. The molecule has 0 bridgehead atoms. The number of hydrogen-bond acceptors (Lipinski definition) is 12. The highest BCUT2D eigenvalue weighted by molar-refractivity contribution is 6.18. The van der Waals surface area contributed by atoms with E-state index in [1.54, 1.807) is 120 Å². The van der Waals surface area contributed by atoms with Crippen LogP contribution in [-0.2, 0) is 9.47 Å². The number of aromatic nitrogens is 2. The number of amides is 2. The third-order valence-electron chi connectivity index (χ3n) is 11.8. The maximum atomic E-state index is 13.7. The fourth-order valence-electron chi connectivity index (χ4n) is 8.12. The lowest BCUT2D eigenvalue weighted by Crippen LogP contribution is -2.15. The largest absolute Gasteiger partial charge is 0.491 e. The molecule has 366 valence electrons. The smallest absolute Gasteiger partial charge is 0.337 e. The molecule has 2 amide bonds. The summed E-state index contributed by atoms with van der Waals surface area (Å²) in [5.74, 6) is -2.31. The third-order valence-corrected chi connectivity index (χ3v) is 11.8. The molecule has 0 aliphatic rings. The zero-order valence-electron chi connectivity index (χ0n) is 39.0. The number of nitrogens with one attached hydrogen (secondary N) is 2. The predicted octanol–water partition coefficient (Wildman–Crippen LogP) is 7.83. The number of aromatic carboxylic acids is 2. The van der Waals surface area contributed by atoms with Gasteiger partial charge in [-0.2, -0.15) is 0 Å². The van der Waals surface area contributed by atoms with Crippen LogP contribution in [0.2, 0.25) is 0 Å². The van der Waals surface area contributed by atoms with Crippen molar-refractivity contribution in [3.8, 4) is 11.5 Å². The third kappa shape index (κ3) is 10.5. The standard InChI is InChI=1S/C54H48N6O12/c1-31-45(47(61)35-13-19-41(55)39(29-35)53(65)66)43-7-3-5-21-59(43)49(31)57-51(63)33-9-15-37(16-10-33)71-27-25-69-23-24-70-26-28-72-38-17-11-34(12-18-38)52(64)58-50-32(2)46(44-8-4-6-22-60(44)50)48(62)36-14-20-42(56)40(30-36)54(67)68/h3-22,29-30H,23-28,55-56H2,1-2H3,(H,57,63)(H,58,64)(H,65,66)(H,67,68). The molecule has 0 unspecified atom stereocenters. The summed E-state index contributed by atoms with van der Waals surface area (Å²) < 4.78 is 26.2. The summed E-state index contributed by atoms with van der Waals surface area (Å²) in [4.78, 5) is 77.7. The number of ether oxygens (including phenoxy) is 4. The monoisotopic (exact) mass is 972 g/mol. The van der Waals surface area contributed by atoms with Gasteiger partial charge in [-0.25, -0.2) is 9.59 Å². The molecular weight excluding hydrogens is 925 g/mol. The SMILES string of the molecule is Cc1c(C(=O)c2ccc(N)c(C(=O)O)c2)c2ccccn2c1NC(=O)c1ccc(OCCOCCOCCOc2ccc(C(=O)Nc3c(C)c(C(=O)c4ccc(N)c(C(=O)O)c4)c4ccccn34)cc2)cc1. The maximum absolute atomic E-state index is 13.7. The zero-order valence-corrected chi connectivity index (χ0v) is 39.0. The van der Waals surface area contributed by atoms with E-state index >= 15 is 0 Å². The van der Waals surface area contributed by atoms with Crippen molar-refractivity contribution in [3.05, 3.63) is 189 Å². The first-order valence-corrected chi connectivity index (χ1v) is 22.5. The second-order valence-electron chi connectivity index (χ2n) is 16.4. The Kier molecular flexibility index (Phi) is 14.7. The molecule has 8 rings (SSSR count). The summed E-state index contributed by atoms with van der Waals surface area (Å²) in [6, 6.07) is 31.9. The van der Waals surface area contributed by atoms with Gasteiger partial charge >= 0.3 is 11.9 Å². The van der Waals surface area contributed by atoms with E-state index in [0.29, 0.717) is 80.8 Å². The summed E-state index contributed by atoms with van der Waals surface area (Å²) in [5.41, 5.74) is 15.1. The van der Waals surface area contributed by atoms with E-state index < -0.39 is 35.3 Å². The van der Waals surface area contributed by atoms with Crippen molar-refractivity contribution in [3.63, 3.8) is 0 Å². The highest BCUT2D eigenvalue weighted by Crippen LogP contribution is 2.33. The molecule has 8 aromatic rings. The van der Waals surface area contributed by atoms with Crippen LogP contribution in [0.5, 0.6) is 11.5 Å². The lowest BCUT2D eigenvalue weighted by Gasteiger charge is -2.10. The van der Waals surface area contributed by atoms with Gasteiger partial charge in [-0.15, -0.1) is 0 Å². The normalized spacial score (nSPS) is 11.1. The van der Waals surface area contributed by atoms with Gasteiger partial charge in [0, 0.05) is 57.1 Å². The Labute approximate surface area is 411 Å². The predicted molar refractivity (Wildman–Crippen MR) is 268 cm³/mol. The van der Waals surface area contributed by atoms with Gasteiger partial charge < -0.3 is 60.1 Å². The molecule has 18 heteroatoms. The number of ketones is 2. The summed E-state index contributed by atoms with van der Waals surface area (Å²) >= 11 is 0.